The second kappa shape index (κ2) is 3.52. The van der Waals surface area contributed by atoms with Crippen molar-refractivity contribution >= 4 is 19.0 Å². The molecule has 0 atom stereocenters. The molecule has 0 amide bonds. The van der Waals surface area contributed by atoms with Gasteiger partial charge in [-0.2, -0.15) is 0 Å². The Kier molecular flexibility index (Phi) is 2.87. The van der Waals surface area contributed by atoms with Gasteiger partial charge in [0, 0.05) is 19.1 Å². The lowest BCUT2D eigenvalue weighted by Gasteiger charge is -2.25. The number of nitrogens with zero attached hydrogens (tertiary/aromatic N) is 1. The summed E-state index contributed by atoms with van der Waals surface area (Å²) in [4.78, 5) is 0. The largest absolute Gasteiger partial charge is 0.248 e. The standard InChI is InChI=1S/C7H11F2NS/c8-7(9)3-1-6(2-4-7)5-10-11/h5-6,11H,1-4H2. The van der Waals surface area contributed by atoms with Gasteiger partial charge in [-0.15, -0.1) is 0 Å². The lowest BCUT2D eigenvalue weighted by molar-refractivity contribution is -0.0390. The molecule has 1 aliphatic carbocycles. The van der Waals surface area contributed by atoms with Crippen LogP contribution < -0.4 is 0 Å². The molecule has 1 nitrogen and oxygen atoms in total. The van der Waals surface area contributed by atoms with E-state index in [1.807, 2.05) is 0 Å². The van der Waals surface area contributed by atoms with Crippen molar-refractivity contribution in [1.82, 2.24) is 0 Å². The molecule has 0 bridgehead atoms. The Morgan fingerprint density at radius 2 is 1.91 bits per heavy atom. The summed E-state index contributed by atoms with van der Waals surface area (Å²) < 4.78 is 28.6. The SMILES string of the molecule is FC1(F)CCC(C=NS)CC1. The molecule has 0 saturated heterocycles. The molecule has 1 saturated carbocycles. The lowest BCUT2D eigenvalue weighted by Crippen LogP contribution is -2.24. The Morgan fingerprint density at radius 3 is 2.36 bits per heavy atom. The smallest absolute Gasteiger partial charge is 0.232 e. The van der Waals surface area contributed by atoms with Gasteiger partial charge < -0.3 is 0 Å². The van der Waals surface area contributed by atoms with Gasteiger partial charge in [0.15, 0.2) is 0 Å². The topological polar surface area (TPSA) is 12.4 Å². The van der Waals surface area contributed by atoms with E-state index in [1.54, 1.807) is 6.21 Å². The number of halogens is 2. The van der Waals surface area contributed by atoms with Crippen molar-refractivity contribution in [1.29, 1.82) is 0 Å². The van der Waals surface area contributed by atoms with Crippen LogP contribution >= 0.6 is 12.8 Å². The van der Waals surface area contributed by atoms with E-state index in [0.29, 0.717) is 12.8 Å². The van der Waals surface area contributed by atoms with E-state index in [1.165, 1.54) is 0 Å². The van der Waals surface area contributed by atoms with Crippen molar-refractivity contribution < 1.29 is 8.78 Å². The van der Waals surface area contributed by atoms with Crippen molar-refractivity contribution in [2.24, 2.45) is 10.3 Å². The molecule has 0 aromatic rings. The molecular weight excluding hydrogens is 168 g/mol. The Bertz CT molecular complexity index is 149. The molecule has 0 radical (unpaired) electrons. The van der Waals surface area contributed by atoms with Crippen molar-refractivity contribution in [3.63, 3.8) is 0 Å². The van der Waals surface area contributed by atoms with Crippen LogP contribution in [0.25, 0.3) is 0 Å². The molecule has 0 aromatic heterocycles. The first-order chi connectivity index (χ1) is 5.14. The van der Waals surface area contributed by atoms with E-state index < -0.39 is 5.92 Å². The van der Waals surface area contributed by atoms with Crippen LogP contribution in [0, 0.1) is 5.92 Å². The summed E-state index contributed by atoms with van der Waals surface area (Å²) in [5.74, 6) is -2.21. The number of alkyl halides is 2. The fourth-order valence-corrected chi connectivity index (χ4v) is 1.49. The van der Waals surface area contributed by atoms with Crippen molar-refractivity contribution in [2.45, 2.75) is 31.6 Å². The van der Waals surface area contributed by atoms with Crippen LogP contribution in [0.1, 0.15) is 25.7 Å². The Hall–Kier alpha value is -0.120. The highest BCUT2D eigenvalue weighted by Gasteiger charge is 2.34. The maximum atomic E-state index is 12.6. The average Bonchev–Trinajstić information content (AvgIpc) is 1.94. The third-order valence-electron chi connectivity index (χ3n) is 2.04. The van der Waals surface area contributed by atoms with Crippen molar-refractivity contribution in [3.8, 4) is 0 Å². The summed E-state index contributed by atoms with van der Waals surface area (Å²) in [6.07, 6.45) is 2.72. The molecule has 1 rings (SSSR count). The van der Waals surface area contributed by atoms with Gasteiger partial charge in [0.1, 0.15) is 0 Å². The Labute approximate surface area is 70.4 Å². The first-order valence-corrected chi connectivity index (χ1v) is 4.09. The first-order valence-electron chi connectivity index (χ1n) is 3.69. The molecule has 0 spiro atoms. The quantitative estimate of drug-likeness (QED) is 0.469. The number of rotatable bonds is 1. The van der Waals surface area contributed by atoms with Gasteiger partial charge in [-0.1, -0.05) is 0 Å². The predicted octanol–water partition coefficient (Wildman–Crippen LogP) is 2.73. The average molecular weight is 179 g/mol. The highest BCUT2D eigenvalue weighted by Crippen LogP contribution is 2.35. The highest BCUT2D eigenvalue weighted by atomic mass is 32.1. The fourth-order valence-electron chi connectivity index (χ4n) is 1.31. The molecule has 0 aromatic carbocycles. The second-order valence-electron chi connectivity index (χ2n) is 2.96. The predicted molar refractivity (Wildman–Crippen MR) is 44.4 cm³/mol. The molecule has 4 heteroatoms. The minimum Gasteiger partial charge on any atom is -0.232 e. The second-order valence-corrected chi connectivity index (χ2v) is 3.19. The van der Waals surface area contributed by atoms with Crippen LogP contribution in [0.3, 0.4) is 0 Å². The Morgan fingerprint density at radius 1 is 1.36 bits per heavy atom. The maximum Gasteiger partial charge on any atom is 0.248 e. The highest BCUT2D eigenvalue weighted by molar-refractivity contribution is 7.78. The van der Waals surface area contributed by atoms with E-state index in [-0.39, 0.29) is 18.8 Å². The van der Waals surface area contributed by atoms with Crippen LogP contribution in [0.2, 0.25) is 0 Å². The minimum atomic E-state index is -2.43. The van der Waals surface area contributed by atoms with Crippen molar-refractivity contribution in [3.05, 3.63) is 0 Å². The molecule has 1 fully saturated rings. The van der Waals surface area contributed by atoms with Gasteiger partial charge in [0.05, 0.1) is 0 Å². The number of thiol groups is 1. The normalized spacial score (nSPS) is 26.1. The fraction of sp³-hybridized carbons (Fsp3) is 0.857. The Balaban J connectivity index is 2.36. The summed E-state index contributed by atoms with van der Waals surface area (Å²) in [5, 5.41) is 0. The third kappa shape index (κ3) is 2.77. The van der Waals surface area contributed by atoms with E-state index >= 15 is 0 Å². The van der Waals surface area contributed by atoms with E-state index in [0.717, 1.165) is 0 Å². The van der Waals surface area contributed by atoms with Crippen LogP contribution in [0.15, 0.2) is 4.40 Å². The zero-order chi connectivity index (χ0) is 8.32. The van der Waals surface area contributed by atoms with Gasteiger partial charge in [-0.05, 0) is 31.6 Å². The summed E-state index contributed by atoms with van der Waals surface area (Å²) in [7, 11) is 0. The molecule has 0 unspecified atom stereocenters. The monoisotopic (exact) mass is 179 g/mol. The summed E-state index contributed by atoms with van der Waals surface area (Å²) in [6, 6.07) is 0. The molecular formula is C7H11F2NS. The van der Waals surface area contributed by atoms with Crippen LogP contribution in [-0.2, 0) is 0 Å². The van der Waals surface area contributed by atoms with Gasteiger partial charge in [-0.3, -0.25) is 0 Å². The third-order valence-corrected chi connectivity index (χ3v) is 2.17. The molecule has 1 aliphatic rings. The van der Waals surface area contributed by atoms with Gasteiger partial charge in [0.25, 0.3) is 0 Å². The van der Waals surface area contributed by atoms with Crippen LogP contribution in [0.5, 0.6) is 0 Å². The molecule has 11 heavy (non-hydrogen) atoms. The minimum absolute atomic E-state index is 0.00252. The van der Waals surface area contributed by atoms with E-state index in [2.05, 4.69) is 17.2 Å². The van der Waals surface area contributed by atoms with Crippen LogP contribution in [-0.4, -0.2) is 12.1 Å². The zero-order valence-electron chi connectivity index (χ0n) is 6.13. The summed E-state index contributed by atoms with van der Waals surface area (Å²) in [6.45, 7) is 0. The van der Waals surface area contributed by atoms with Gasteiger partial charge in [-0.25, -0.2) is 13.2 Å². The molecule has 64 valence electrons. The summed E-state index contributed by atoms with van der Waals surface area (Å²) in [5.41, 5.74) is 0. The summed E-state index contributed by atoms with van der Waals surface area (Å²) >= 11 is 3.66. The van der Waals surface area contributed by atoms with Gasteiger partial charge >= 0.3 is 0 Å². The lowest BCUT2D eigenvalue weighted by atomic mass is 9.88. The number of hydrogen-bond donors (Lipinski definition) is 1. The van der Waals surface area contributed by atoms with E-state index in [4.69, 9.17) is 0 Å². The van der Waals surface area contributed by atoms with Crippen LogP contribution in [0.4, 0.5) is 8.78 Å². The van der Waals surface area contributed by atoms with Gasteiger partial charge in [0.2, 0.25) is 5.92 Å². The molecule has 0 N–H and O–H groups in total. The zero-order valence-corrected chi connectivity index (χ0v) is 7.03. The van der Waals surface area contributed by atoms with E-state index in [9.17, 15) is 8.78 Å². The maximum absolute atomic E-state index is 12.6. The first kappa shape index (κ1) is 8.97. The number of hydrogen-bond acceptors (Lipinski definition) is 2. The molecule has 0 heterocycles. The molecule has 0 aliphatic heterocycles. The van der Waals surface area contributed by atoms with Crippen molar-refractivity contribution in [2.75, 3.05) is 0 Å².